The van der Waals surface area contributed by atoms with E-state index in [4.69, 9.17) is 9.29 Å². The Labute approximate surface area is 208 Å². The number of hydrogen-bond acceptors (Lipinski definition) is 4. The number of H-pyrrole nitrogens is 1. The second-order valence-electron chi connectivity index (χ2n) is 9.32. The van der Waals surface area contributed by atoms with Crippen LogP contribution < -0.4 is 5.43 Å². The first-order valence-corrected chi connectivity index (χ1v) is 14.0. The third kappa shape index (κ3) is 6.02. The molecule has 0 amide bonds. The predicted molar refractivity (Wildman–Crippen MR) is 140 cm³/mol. The van der Waals surface area contributed by atoms with Crippen LogP contribution in [0.15, 0.2) is 58.2 Å². The van der Waals surface area contributed by atoms with Crippen molar-refractivity contribution in [1.82, 2.24) is 4.98 Å². The summed E-state index contributed by atoms with van der Waals surface area (Å²) >= 11 is 0. The maximum atomic E-state index is 13.2. The summed E-state index contributed by atoms with van der Waals surface area (Å²) in [5.41, 5.74) is 3.67. The highest BCUT2D eigenvalue weighted by molar-refractivity contribution is 7.85. The maximum absolute atomic E-state index is 13.2. The van der Waals surface area contributed by atoms with E-state index in [-0.39, 0.29) is 22.0 Å². The van der Waals surface area contributed by atoms with Crippen LogP contribution in [-0.2, 0) is 20.5 Å². The molecule has 35 heavy (non-hydrogen) atoms. The SMILES string of the molecule is CCCCC1OC(CCC)(CCC)c2[nH]c3ccccc3c(=O)c21.Cc1ccc(S(=O)(=O)O)cc1. The van der Waals surface area contributed by atoms with Gasteiger partial charge in [-0.3, -0.25) is 9.35 Å². The molecule has 0 aliphatic carbocycles. The number of pyridine rings is 1. The molecule has 6 nitrogen and oxygen atoms in total. The van der Waals surface area contributed by atoms with Crippen LogP contribution in [0.1, 0.15) is 88.6 Å². The Bertz CT molecular complexity index is 1290. The van der Waals surface area contributed by atoms with Gasteiger partial charge in [-0.1, -0.05) is 76.3 Å². The van der Waals surface area contributed by atoms with Crippen molar-refractivity contribution in [1.29, 1.82) is 0 Å². The number of benzene rings is 2. The highest BCUT2D eigenvalue weighted by Gasteiger charge is 2.45. The lowest BCUT2D eigenvalue weighted by Gasteiger charge is -2.30. The van der Waals surface area contributed by atoms with Crippen molar-refractivity contribution in [2.75, 3.05) is 0 Å². The summed E-state index contributed by atoms with van der Waals surface area (Å²) in [6, 6.07) is 13.8. The molecule has 2 N–H and O–H groups in total. The fraction of sp³-hybridized carbons (Fsp3) is 0.464. The molecule has 190 valence electrons. The molecular weight excluding hydrogens is 462 g/mol. The predicted octanol–water partition coefficient (Wildman–Crippen LogP) is 6.83. The van der Waals surface area contributed by atoms with Crippen molar-refractivity contribution < 1.29 is 17.7 Å². The number of aromatic nitrogens is 1. The summed E-state index contributed by atoms with van der Waals surface area (Å²) in [6.45, 7) is 8.41. The van der Waals surface area contributed by atoms with Gasteiger partial charge in [0, 0.05) is 10.9 Å². The number of ether oxygens (including phenoxy) is 1. The van der Waals surface area contributed by atoms with Gasteiger partial charge in [0.1, 0.15) is 5.60 Å². The molecule has 1 aromatic heterocycles. The summed E-state index contributed by atoms with van der Waals surface area (Å²) in [7, 11) is -4.02. The third-order valence-corrected chi connectivity index (χ3v) is 7.41. The first kappa shape index (κ1) is 27.1. The van der Waals surface area contributed by atoms with Gasteiger partial charge in [0.05, 0.1) is 22.3 Å². The molecule has 2 aromatic carbocycles. The second kappa shape index (κ2) is 11.5. The van der Waals surface area contributed by atoms with Crippen LogP contribution in [-0.4, -0.2) is 18.0 Å². The Morgan fingerprint density at radius 1 is 0.971 bits per heavy atom. The minimum atomic E-state index is -4.02. The average molecular weight is 500 g/mol. The molecule has 0 saturated carbocycles. The quantitative estimate of drug-likeness (QED) is 0.331. The summed E-state index contributed by atoms with van der Waals surface area (Å²) < 4.78 is 36.2. The molecule has 2 heterocycles. The molecule has 0 spiro atoms. The number of aromatic amines is 1. The molecule has 1 unspecified atom stereocenters. The zero-order chi connectivity index (χ0) is 25.6. The first-order chi connectivity index (χ1) is 16.7. The molecule has 3 aromatic rings. The number of rotatable bonds is 8. The lowest BCUT2D eigenvalue weighted by Crippen LogP contribution is -2.27. The van der Waals surface area contributed by atoms with Crippen LogP contribution in [0.4, 0.5) is 0 Å². The molecular formula is C28H37NO5S. The zero-order valence-electron chi connectivity index (χ0n) is 21.1. The van der Waals surface area contributed by atoms with E-state index in [0.29, 0.717) is 0 Å². The lowest BCUT2D eigenvalue weighted by molar-refractivity contribution is -0.0933. The van der Waals surface area contributed by atoms with Gasteiger partial charge in [0.2, 0.25) is 0 Å². The van der Waals surface area contributed by atoms with Gasteiger partial charge >= 0.3 is 0 Å². The minimum Gasteiger partial charge on any atom is -0.361 e. The molecule has 1 atom stereocenters. The molecule has 4 rings (SSSR count). The van der Waals surface area contributed by atoms with Gasteiger partial charge in [-0.25, -0.2) is 0 Å². The van der Waals surface area contributed by atoms with Crippen LogP contribution in [0.25, 0.3) is 10.9 Å². The minimum absolute atomic E-state index is 0.0635. The zero-order valence-corrected chi connectivity index (χ0v) is 22.0. The molecule has 0 radical (unpaired) electrons. The highest BCUT2D eigenvalue weighted by Crippen LogP contribution is 2.48. The highest BCUT2D eigenvalue weighted by atomic mass is 32.2. The molecule has 1 aliphatic rings. The first-order valence-electron chi connectivity index (χ1n) is 12.5. The molecule has 7 heteroatoms. The number of hydrogen-bond donors (Lipinski definition) is 2. The maximum Gasteiger partial charge on any atom is 0.294 e. The van der Waals surface area contributed by atoms with Crippen LogP contribution in [0.3, 0.4) is 0 Å². The van der Waals surface area contributed by atoms with Crippen molar-refractivity contribution in [3.05, 3.63) is 75.6 Å². The van der Waals surface area contributed by atoms with E-state index >= 15 is 0 Å². The van der Waals surface area contributed by atoms with E-state index in [2.05, 4.69) is 25.8 Å². The van der Waals surface area contributed by atoms with E-state index in [9.17, 15) is 13.2 Å². The molecule has 0 saturated heterocycles. The van der Waals surface area contributed by atoms with Gasteiger partial charge in [-0.2, -0.15) is 8.42 Å². The van der Waals surface area contributed by atoms with E-state index in [1.807, 2.05) is 31.2 Å². The Balaban J connectivity index is 0.000000261. The Morgan fingerprint density at radius 2 is 1.60 bits per heavy atom. The summed E-state index contributed by atoms with van der Waals surface area (Å²) in [5.74, 6) is 0. The molecule has 1 aliphatic heterocycles. The standard InChI is InChI=1S/C21H29NO2.C7H8O3S/c1-4-7-12-17-18-19(23)15-10-8-9-11-16(15)22-20(18)21(24-17,13-5-2)14-6-3;1-6-2-4-7(5-3-6)11(8,9)10/h8-11,17H,4-7,12-14H2,1-3H3,(H,22,23);2-5H,1H3,(H,8,9,10). The lowest BCUT2D eigenvalue weighted by atomic mass is 9.87. The fourth-order valence-corrected chi connectivity index (χ4v) is 5.39. The van der Waals surface area contributed by atoms with Crippen LogP contribution in [0, 0.1) is 6.92 Å². The third-order valence-electron chi connectivity index (χ3n) is 6.54. The van der Waals surface area contributed by atoms with E-state index < -0.39 is 10.1 Å². The number of fused-ring (bicyclic) bond motifs is 2. The summed E-state index contributed by atoms with van der Waals surface area (Å²) in [5, 5.41) is 0.783. The molecule has 0 fully saturated rings. The van der Waals surface area contributed by atoms with Crippen molar-refractivity contribution in [2.24, 2.45) is 0 Å². The van der Waals surface area contributed by atoms with Crippen molar-refractivity contribution >= 4 is 21.0 Å². The number of aryl methyl sites for hydroxylation is 1. The van der Waals surface area contributed by atoms with Crippen LogP contribution in [0.5, 0.6) is 0 Å². The van der Waals surface area contributed by atoms with E-state index in [1.54, 1.807) is 12.1 Å². The number of para-hydroxylation sites is 1. The fourth-order valence-electron chi connectivity index (χ4n) is 4.91. The average Bonchev–Trinajstić information content (AvgIpc) is 3.12. The smallest absolute Gasteiger partial charge is 0.294 e. The van der Waals surface area contributed by atoms with Gasteiger partial charge in [0.25, 0.3) is 10.1 Å². The normalized spacial score (nSPS) is 16.5. The van der Waals surface area contributed by atoms with Gasteiger partial charge in [-0.05, 0) is 50.5 Å². The van der Waals surface area contributed by atoms with Gasteiger partial charge in [0.15, 0.2) is 5.43 Å². The van der Waals surface area contributed by atoms with E-state index in [0.717, 1.165) is 72.7 Å². The van der Waals surface area contributed by atoms with Crippen molar-refractivity contribution in [3.8, 4) is 0 Å². The van der Waals surface area contributed by atoms with Crippen LogP contribution >= 0.6 is 0 Å². The monoisotopic (exact) mass is 499 g/mol. The topological polar surface area (TPSA) is 96.5 Å². The van der Waals surface area contributed by atoms with Crippen LogP contribution in [0.2, 0.25) is 0 Å². The Hall–Kier alpha value is -2.48. The number of nitrogens with one attached hydrogen (secondary N) is 1. The largest absolute Gasteiger partial charge is 0.361 e. The summed E-state index contributed by atoms with van der Waals surface area (Å²) in [4.78, 5) is 16.7. The Kier molecular flexibility index (Phi) is 8.91. The van der Waals surface area contributed by atoms with Gasteiger partial charge < -0.3 is 9.72 Å². The molecule has 0 bridgehead atoms. The summed E-state index contributed by atoms with van der Waals surface area (Å²) in [6.07, 6.45) is 7.10. The van der Waals surface area contributed by atoms with Gasteiger partial charge in [-0.15, -0.1) is 0 Å². The second-order valence-corrected chi connectivity index (χ2v) is 10.7. The van der Waals surface area contributed by atoms with Crippen molar-refractivity contribution in [2.45, 2.75) is 89.2 Å². The number of unbranched alkanes of at least 4 members (excludes halogenated alkanes) is 1. The van der Waals surface area contributed by atoms with Crippen molar-refractivity contribution in [3.63, 3.8) is 0 Å². The van der Waals surface area contributed by atoms with E-state index in [1.165, 1.54) is 12.1 Å². The Morgan fingerprint density at radius 3 is 2.17 bits per heavy atom.